The molecule has 2 rings (SSSR count). The van der Waals surface area contributed by atoms with E-state index in [9.17, 15) is 14.4 Å². The fourth-order valence-corrected chi connectivity index (χ4v) is 3.50. The fourth-order valence-electron chi connectivity index (χ4n) is 3.50. The summed E-state index contributed by atoms with van der Waals surface area (Å²) in [6, 6.07) is 7.72. The lowest BCUT2D eigenvalue weighted by Gasteiger charge is -2.33. The van der Waals surface area contributed by atoms with Gasteiger partial charge in [-0.2, -0.15) is 0 Å². The molecule has 0 unspecified atom stereocenters. The Labute approximate surface area is 180 Å². The van der Waals surface area contributed by atoms with Crippen LogP contribution in [-0.4, -0.2) is 47.4 Å². The van der Waals surface area contributed by atoms with E-state index in [-0.39, 0.29) is 36.7 Å². The predicted molar refractivity (Wildman–Crippen MR) is 118 cm³/mol. The third kappa shape index (κ3) is 8.17. The number of hydrogen-bond donors (Lipinski definition) is 1. The Hall–Kier alpha value is -2.37. The molecule has 166 valence electrons. The number of Topliss-reactive ketones (excluding diaryl/α,β-unsaturated/α-hetero) is 1. The summed E-state index contributed by atoms with van der Waals surface area (Å²) in [7, 11) is 0. The molecule has 2 amide bonds. The van der Waals surface area contributed by atoms with Gasteiger partial charge in [-0.05, 0) is 51.5 Å². The fraction of sp³-hybridized carbons (Fsp3) is 0.625. The molecule has 1 aliphatic rings. The average Bonchev–Trinajstić information content (AvgIpc) is 2.65. The lowest BCUT2D eigenvalue weighted by molar-refractivity contribution is -0.122. The van der Waals surface area contributed by atoms with Gasteiger partial charge in [-0.25, -0.2) is 4.79 Å². The molecule has 0 bridgehead atoms. The van der Waals surface area contributed by atoms with E-state index in [4.69, 9.17) is 4.74 Å². The first-order chi connectivity index (χ1) is 14.0. The van der Waals surface area contributed by atoms with Gasteiger partial charge in [-0.1, -0.05) is 38.1 Å². The van der Waals surface area contributed by atoms with Gasteiger partial charge < -0.3 is 15.0 Å². The zero-order chi connectivity index (χ0) is 22.3. The van der Waals surface area contributed by atoms with Crippen molar-refractivity contribution in [1.29, 1.82) is 0 Å². The zero-order valence-corrected chi connectivity index (χ0v) is 19.0. The van der Waals surface area contributed by atoms with Gasteiger partial charge in [0.25, 0.3) is 0 Å². The molecule has 0 atom stereocenters. The first-order valence-corrected chi connectivity index (χ1v) is 10.9. The van der Waals surface area contributed by atoms with Crippen molar-refractivity contribution in [2.45, 2.75) is 78.4 Å². The Morgan fingerprint density at radius 1 is 1.07 bits per heavy atom. The molecule has 1 aromatic carbocycles. The van der Waals surface area contributed by atoms with Crippen LogP contribution in [0.5, 0.6) is 0 Å². The number of nitrogens with zero attached hydrogens (tertiary/aromatic N) is 1. The highest BCUT2D eigenvalue weighted by Crippen LogP contribution is 2.16. The van der Waals surface area contributed by atoms with Crippen molar-refractivity contribution in [3.05, 3.63) is 35.4 Å². The van der Waals surface area contributed by atoms with Crippen LogP contribution in [-0.2, 0) is 16.0 Å². The summed E-state index contributed by atoms with van der Waals surface area (Å²) in [4.78, 5) is 38.4. The van der Waals surface area contributed by atoms with Gasteiger partial charge in [0.15, 0.2) is 5.78 Å². The quantitative estimate of drug-likeness (QED) is 0.670. The van der Waals surface area contributed by atoms with Gasteiger partial charge in [0.2, 0.25) is 5.91 Å². The van der Waals surface area contributed by atoms with Gasteiger partial charge in [0, 0.05) is 37.5 Å². The predicted octanol–water partition coefficient (Wildman–Crippen LogP) is 4.36. The Morgan fingerprint density at radius 2 is 1.67 bits per heavy atom. The SMILES string of the molecule is CC(C)Cc1ccc(C(=O)CCC(=O)NC2CCN(C(=O)OC(C)(C)C)CC2)cc1. The lowest BCUT2D eigenvalue weighted by Crippen LogP contribution is -2.47. The van der Waals surface area contributed by atoms with Crippen molar-refractivity contribution in [2.24, 2.45) is 5.92 Å². The van der Waals surface area contributed by atoms with Crippen molar-refractivity contribution in [2.75, 3.05) is 13.1 Å². The van der Waals surface area contributed by atoms with Gasteiger partial charge in [0.05, 0.1) is 0 Å². The van der Waals surface area contributed by atoms with E-state index in [1.165, 1.54) is 5.56 Å². The minimum Gasteiger partial charge on any atom is -0.444 e. The van der Waals surface area contributed by atoms with Crippen molar-refractivity contribution >= 4 is 17.8 Å². The van der Waals surface area contributed by atoms with Crippen molar-refractivity contribution < 1.29 is 19.1 Å². The van der Waals surface area contributed by atoms with Crippen LogP contribution < -0.4 is 5.32 Å². The molecule has 0 spiro atoms. The second-order valence-corrected chi connectivity index (χ2v) is 9.53. The van der Waals surface area contributed by atoms with Gasteiger partial charge >= 0.3 is 6.09 Å². The number of likely N-dealkylation sites (tertiary alicyclic amines) is 1. The van der Waals surface area contributed by atoms with Crippen LogP contribution >= 0.6 is 0 Å². The van der Waals surface area contributed by atoms with Gasteiger partial charge in [-0.3, -0.25) is 9.59 Å². The first kappa shape index (κ1) is 23.9. The zero-order valence-electron chi connectivity index (χ0n) is 19.0. The monoisotopic (exact) mass is 416 g/mol. The summed E-state index contributed by atoms with van der Waals surface area (Å²) >= 11 is 0. The molecule has 1 heterocycles. The minimum absolute atomic E-state index is 0.0130. The summed E-state index contributed by atoms with van der Waals surface area (Å²) in [5, 5.41) is 2.99. The summed E-state index contributed by atoms with van der Waals surface area (Å²) in [5.74, 6) is 0.447. The molecular weight excluding hydrogens is 380 g/mol. The summed E-state index contributed by atoms with van der Waals surface area (Å²) in [6.45, 7) is 11.0. The van der Waals surface area contributed by atoms with E-state index in [0.717, 1.165) is 6.42 Å². The molecule has 1 saturated heterocycles. The topological polar surface area (TPSA) is 75.7 Å². The smallest absolute Gasteiger partial charge is 0.410 e. The van der Waals surface area contributed by atoms with Crippen molar-refractivity contribution in [3.63, 3.8) is 0 Å². The van der Waals surface area contributed by atoms with Crippen LogP contribution in [0, 0.1) is 5.92 Å². The Kier molecular flexibility index (Phi) is 8.44. The van der Waals surface area contributed by atoms with Crippen LogP contribution in [0.1, 0.15) is 76.2 Å². The summed E-state index contributed by atoms with van der Waals surface area (Å²) < 4.78 is 5.39. The van der Waals surface area contributed by atoms with E-state index in [0.29, 0.717) is 37.4 Å². The van der Waals surface area contributed by atoms with Crippen LogP contribution in [0.2, 0.25) is 0 Å². The molecule has 1 N–H and O–H groups in total. The van der Waals surface area contributed by atoms with E-state index < -0.39 is 5.60 Å². The molecule has 1 fully saturated rings. The largest absolute Gasteiger partial charge is 0.444 e. The lowest BCUT2D eigenvalue weighted by atomic mass is 9.99. The van der Waals surface area contributed by atoms with Gasteiger partial charge in [-0.15, -0.1) is 0 Å². The summed E-state index contributed by atoms with van der Waals surface area (Å²) in [6.07, 6.45) is 2.44. The molecule has 1 aromatic rings. The third-order valence-corrected chi connectivity index (χ3v) is 5.01. The van der Waals surface area contributed by atoms with Crippen molar-refractivity contribution in [3.8, 4) is 0 Å². The van der Waals surface area contributed by atoms with Crippen LogP contribution in [0.3, 0.4) is 0 Å². The van der Waals surface area contributed by atoms with Crippen molar-refractivity contribution in [1.82, 2.24) is 10.2 Å². The van der Waals surface area contributed by atoms with Crippen LogP contribution in [0.15, 0.2) is 24.3 Å². The average molecular weight is 417 g/mol. The first-order valence-electron chi connectivity index (χ1n) is 10.9. The normalized spacial score (nSPS) is 15.2. The number of ether oxygens (including phenoxy) is 1. The number of carbonyl (C=O) groups excluding carboxylic acids is 3. The number of carbonyl (C=O) groups is 3. The highest BCUT2D eigenvalue weighted by atomic mass is 16.6. The number of benzene rings is 1. The van der Waals surface area contributed by atoms with E-state index in [1.54, 1.807) is 4.90 Å². The minimum atomic E-state index is -0.510. The highest BCUT2D eigenvalue weighted by molar-refractivity contribution is 5.98. The molecule has 6 heteroatoms. The molecule has 6 nitrogen and oxygen atoms in total. The maximum atomic E-state index is 12.4. The molecule has 0 saturated carbocycles. The Balaban J connectivity index is 1.71. The number of hydrogen-bond acceptors (Lipinski definition) is 4. The van der Waals surface area contributed by atoms with Gasteiger partial charge in [0.1, 0.15) is 5.60 Å². The molecule has 0 aromatic heterocycles. The number of piperidine rings is 1. The molecule has 30 heavy (non-hydrogen) atoms. The highest BCUT2D eigenvalue weighted by Gasteiger charge is 2.27. The van der Waals surface area contributed by atoms with Crippen LogP contribution in [0.25, 0.3) is 0 Å². The summed E-state index contributed by atoms with van der Waals surface area (Å²) in [5.41, 5.74) is 1.36. The van der Waals surface area contributed by atoms with E-state index >= 15 is 0 Å². The van der Waals surface area contributed by atoms with E-state index in [1.807, 2.05) is 45.0 Å². The number of nitrogens with one attached hydrogen (secondary N) is 1. The second-order valence-electron chi connectivity index (χ2n) is 9.53. The second kappa shape index (κ2) is 10.6. The number of rotatable bonds is 7. The molecule has 1 aliphatic heterocycles. The molecular formula is C24H36N2O4. The Morgan fingerprint density at radius 3 is 2.20 bits per heavy atom. The molecule has 0 aliphatic carbocycles. The third-order valence-electron chi connectivity index (χ3n) is 5.01. The standard InChI is InChI=1S/C24H36N2O4/c1-17(2)16-18-6-8-19(9-7-18)21(27)10-11-22(28)25-20-12-14-26(15-13-20)23(29)30-24(3,4)5/h6-9,17,20H,10-16H2,1-5H3,(H,25,28). The number of amides is 2. The van der Waals surface area contributed by atoms with Crippen LogP contribution in [0.4, 0.5) is 4.79 Å². The maximum absolute atomic E-state index is 12.4. The van der Waals surface area contributed by atoms with E-state index in [2.05, 4.69) is 19.2 Å². The Bertz CT molecular complexity index is 727. The maximum Gasteiger partial charge on any atom is 0.410 e. The molecule has 0 radical (unpaired) electrons. The number of ketones is 1.